The number of hydrogen-bond donors (Lipinski definition) is 2. The van der Waals surface area contributed by atoms with Gasteiger partial charge in [0.15, 0.2) is 0 Å². The average molecular weight is 258 g/mol. The first-order valence-electron chi connectivity index (χ1n) is 6.25. The molecule has 1 aliphatic rings. The topological polar surface area (TPSA) is 76.7 Å². The highest BCUT2D eigenvalue weighted by Gasteiger charge is 2.31. The Kier molecular flexibility index (Phi) is 5.55. The molecular formula is C12H22N2O4. The number of ether oxygens (including phenoxy) is 2. The second-order valence-electron chi connectivity index (χ2n) is 4.82. The van der Waals surface area contributed by atoms with Crippen molar-refractivity contribution in [3.05, 3.63) is 0 Å². The molecule has 1 saturated heterocycles. The molecule has 2 N–H and O–H groups in total. The molecule has 0 aromatic heterocycles. The van der Waals surface area contributed by atoms with Gasteiger partial charge in [-0.25, -0.2) is 4.79 Å². The van der Waals surface area contributed by atoms with Gasteiger partial charge in [-0.2, -0.15) is 0 Å². The van der Waals surface area contributed by atoms with E-state index >= 15 is 0 Å². The Hall–Kier alpha value is -1.14. The van der Waals surface area contributed by atoms with Crippen LogP contribution in [0, 0.1) is 0 Å². The molecule has 1 amide bonds. The lowest BCUT2D eigenvalue weighted by atomic mass is 10.0. The van der Waals surface area contributed by atoms with Crippen LogP contribution in [0.2, 0.25) is 0 Å². The number of hydrogen-bond acceptors (Lipinski definition) is 5. The zero-order valence-corrected chi connectivity index (χ0v) is 11.2. The van der Waals surface area contributed by atoms with E-state index in [-0.39, 0.29) is 11.9 Å². The first kappa shape index (κ1) is 14.9. The SMILES string of the molecule is CCOC(=O)C(C)(C)NC(=O)CC1COCCN1. The van der Waals surface area contributed by atoms with Crippen LogP contribution < -0.4 is 10.6 Å². The third kappa shape index (κ3) is 4.62. The maximum Gasteiger partial charge on any atom is 0.331 e. The standard InChI is InChI=1S/C12H22N2O4/c1-4-18-11(16)12(2,3)14-10(15)7-9-8-17-6-5-13-9/h9,13H,4-8H2,1-3H3,(H,14,15). The summed E-state index contributed by atoms with van der Waals surface area (Å²) in [5.41, 5.74) is -0.997. The Morgan fingerprint density at radius 3 is 2.78 bits per heavy atom. The van der Waals surface area contributed by atoms with Crippen molar-refractivity contribution in [3.8, 4) is 0 Å². The molecule has 6 nitrogen and oxygen atoms in total. The minimum absolute atomic E-state index is 0.0109. The van der Waals surface area contributed by atoms with E-state index in [4.69, 9.17) is 9.47 Å². The summed E-state index contributed by atoms with van der Waals surface area (Å²) in [4.78, 5) is 23.4. The molecular weight excluding hydrogens is 236 g/mol. The first-order chi connectivity index (χ1) is 8.45. The normalized spacial score (nSPS) is 20.3. The largest absolute Gasteiger partial charge is 0.464 e. The monoisotopic (exact) mass is 258 g/mol. The molecule has 0 bridgehead atoms. The van der Waals surface area contributed by atoms with Crippen LogP contribution >= 0.6 is 0 Å². The summed E-state index contributed by atoms with van der Waals surface area (Å²) < 4.78 is 10.2. The summed E-state index contributed by atoms with van der Waals surface area (Å²) in [6, 6.07) is 0.0109. The summed E-state index contributed by atoms with van der Waals surface area (Å²) >= 11 is 0. The van der Waals surface area contributed by atoms with Crippen molar-refractivity contribution in [3.63, 3.8) is 0 Å². The van der Waals surface area contributed by atoms with Crippen molar-refractivity contribution in [2.75, 3.05) is 26.4 Å². The van der Waals surface area contributed by atoms with Gasteiger partial charge in [0.25, 0.3) is 0 Å². The van der Waals surface area contributed by atoms with Crippen molar-refractivity contribution in [2.45, 2.75) is 38.8 Å². The highest BCUT2D eigenvalue weighted by molar-refractivity contribution is 5.87. The Balaban J connectivity index is 2.40. The molecule has 0 radical (unpaired) electrons. The van der Waals surface area contributed by atoms with Crippen molar-refractivity contribution in [1.82, 2.24) is 10.6 Å². The van der Waals surface area contributed by atoms with Crippen molar-refractivity contribution in [2.24, 2.45) is 0 Å². The third-order valence-corrected chi connectivity index (χ3v) is 2.67. The van der Waals surface area contributed by atoms with Crippen LogP contribution in [0.5, 0.6) is 0 Å². The molecule has 0 aromatic carbocycles. The van der Waals surface area contributed by atoms with E-state index < -0.39 is 11.5 Å². The lowest BCUT2D eigenvalue weighted by molar-refractivity contribution is -0.151. The fourth-order valence-electron chi connectivity index (χ4n) is 1.74. The molecule has 0 aromatic rings. The van der Waals surface area contributed by atoms with Crippen LogP contribution in [0.25, 0.3) is 0 Å². The molecule has 104 valence electrons. The highest BCUT2D eigenvalue weighted by atomic mass is 16.5. The average Bonchev–Trinajstić information content (AvgIpc) is 2.29. The smallest absolute Gasteiger partial charge is 0.331 e. The van der Waals surface area contributed by atoms with E-state index in [9.17, 15) is 9.59 Å². The fraction of sp³-hybridized carbons (Fsp3) is 0.833. The summed E-state index contributed by atoms with van der Waals surface area (Å²) in [7, 11) is 0. The van der Waals surface area contributed by atoms with Crippen molar-refractivity contribution < 1.29 is 19.1 Å². The molecule has 18 heavy (non-hydrogen) atoms. The molecule has 0 spiro atoms. The van der Waals surface area contributed by atoms with Crippen LogP contribution in [-0.4, -0.2) is 49.8 Å². The van der Waals surface area contributed by atoms with E-state index in [1.165, 1.54) is 0 Å². The second kappa shape index (κ2) is 6.70. The third-order valence-electron chi connectivity index (χ3n) is 2.67. The fourth-order valence-corrected chi connectivity index (χ4v) is 1.74. The number of carbonyl (C=O) groups is 2. The first-order valence-corrected chi connectivity index (χ1v) is 6.25. The Bertz CT molecular complexity index is 298. The molecule has 1 fully saturated rings. The van der Waals surface area contributed by atoms with E-state index in [1.807, 2.05) is 0 Å². The maximum atomic E-state index is 11.8. The predicted molar refractivity (Wildman–Crippen MR) is 66.1 cm³/mol. The predicted octanol–water partition coefficient (Wildman–Crippen LogP) is -0.177. The van der Waals surface area contributed by atoms with Gasteiger partial charge < -0.3 is 20.1 Å². The summed E-state index contributed by atoms with van der Waals surface area (Å²) in [6.45, 7) is 7.25. The molecule has 0 saturated carbocycles. The van der Waals surface area contributed by atoms with Gasteiger partial charge in [0.1, 0.15) is 5.54 Å². The molecule has 6 heteroatoms. The van der Waals surface area contributed by atoms with E-state index in [2.05, 4.69) is 10.6 Å². The second-order valence-corrected chi connectivity index (χ2v) is 4.82. The lowest BCUT2D eigenvalue weighted by Gasteiger charge is -2.27. The van der Waals surface area contributed by atoms with Gasteiger partial charge in [0, 0.05) is 19.0 Å². The molecule has 1 unspecified atom stereocenters. The van der Waals surface area contributed by atoms with E-state index in [0.29, 0.717) is 26.2 Å². The number of rotatable bonds is 5. The lowest BCUT2D eigenvalue weighted by Crippen LogP contribution is -2.53. The van der Waals surface area contributed by atoms with Gasteiger partial charge in [0.05, 0.1) is 19.8 Å². The Labute approximate surface area is 107 Å². The van der Waals surface area contributed by atoms with Gasteiger partial charge in [-0.3, -0.25) is 4.79 Å². The Morgan fingerprint density at radius 1 is 1.50 bits per heavy atom. The summed E-state index contributed by atoms with van der Waals surface area (Å²) in [5.74, 6) is -0.609. The molecule has 1 aliphatic heterocycles. The van der Waals surface area contributed by atoms with Crippen molar-refractivity contribution in [1.29, 1.82) is 0 Å². The summed E-state index contributed by atoms with van der Waals surface area (Å²) in [5, 5.41) is 5.87. The quantitative estimate of drug-likeness (QED) is 0.669. The minimum atomic E-state index is -0.997. The van der Waals surface area contributed by atoms with Crippen LogP contribution in [0.1, 0.15) is 27.2 Å². The molecule has 1 rings (SSSR count). The van der Waals surface area contributed by atoms with Gasteiger partial charge >= 0.3 is 5.97 Å². The number of morpholine rings is 1. The molecule has 0 aliphatic carbocycles. The number of carbonyl (C=O) groups excluding carboxylic acids is 2. The number of nitrogens with one attached hydrogen (secondary N) is 2. The van der Waals surface area contributed by atoms with E-state index in [1.54, 1.807) is 20.8 Å². The van der Waals surface area contributed by atoms with E-state index in [0.717, 1.165) is 6.54 Å². The van der Waals surface area contributed by atoms with Crippen LogP contribution in [0.15, 0.2) is 0 Å². The highest BCUT2D eigenvalue weighted by Crippen LogP contribution is 2.07. The van der Waals surface area contributed by atoms with Gasteiger partial charge in [0.2, 0.25) is 5.91 Å². The van der Waals surface area contributed by atoms with Gasteiger partial charge in [-0.1, -0.05) is 0 Å². The summed E-state index contributed by atoms with van der Waals surface area (Å²) in [6.07, 6.45) is 0.294. The van der Waals surface area contributed by atoms with Crippen molar-refractivity contribution >= 4 is 11.9 Å². The maximum absolute atomic E-state index is 11.8. The zero-order valence-electron chi connectivity index (χ0n) is 11.2. The Morgan fingerprint density at radius 2 is 2.22 bits per heavy atom. The van der Waals surface area contributed by atoms with Crippen LogP contribution in [-0.2, 0) is 19.1 Å². The van der Waals surface area contributed by atoms with Gasteiger partial charge in [-0.15, -0.1) is 0 Å². The molecule has 1 heterocycles. The number of amides is 1. The van der Waals surface area contributed by atoms with Crippen LogP contribution in [0.4, 0.5) is 0 Å². The van der Waals surface area contributed by atoms with Crippen LogP contribution in [0.3, 0.4) is 0 Å². The van der Waals surface area contributed by atoms with Gasteiger partial charge in [-0.05, 0) is 20.8 Å². The minimum Gasteiger partial charge on any atom is -0.464 e. The molecule has 1 atom stereocenters. The zero-order chi connectivity index (χ0) is 13.6. The number of esters is 1.